The van der Waals surface area contributed by atoms with Gasteiger partial charge in [-0.25, -0.2) is 0 Å². The molecule has 2 aromatic rings. The Morgan fingerprint density at radius 2 is 2.11 bits per heavy atom. The van der Waals surface area contributed by atoms with E-state index in [0.29, 0.717) is 12.2 Å². The van der Waals surface area contributed by atoms with Crippen molar-refractivity contribution in [3.63, 3.8) is 0 Å². The average molecular weight is 243 g/mol. The number of aromatic nitrogens is 3. The first-order chi connectivity index (χ1) is 8.50. The Bertz CT molecular complexity index is 597. The van der Waals surface area contributed by atoms with E-state index in [1.807, 2.05) is 30.7 Å². The Hall–Kier alpha value is -2.17. The molecule has 2 heterocycles. The fraction of sp³-hybridized carbons (Fsp3) is 0.308. The highest BCUT2D eigenvalue weighted by Gasteiger charge is 2.11. The van der Waals surface area contributed by atoms with Crippen LogP contribution < -0.4 is 5.73 Å². The number of amidine groups is 1. The Morgan fingerprint density at radius 1 is 1.39 bits per heavy atom. The van der Waals surface area contributed by atoms with E-state index >= 15 is 0 Å². The van der Waals surface area contributed by atoms with Crippen molar-refractivity contribution < 1.29 is 0 Å². The van der Waals surface area contributed by atoms with Crippen molar-refractivity contribution in [2.75, 3.05) is 0 Å². The molecule has 0 amide bonds. The second-order valence-corrected chi connectivity index (χ2v) is 4.38. The first-order valence-electron chi connectivity index (χ1n) is 5.79. The summed E-state index contributed by atoms with van der Waals surface area (Å²) >= 11 is 0. The first-order valence-corrected chi connectivity index (χ1v) is 5.79. The van der Waals surface area contributed by atoms with Crippen molar-refractivity contribution >= 4 is 5.84 Å². The summed E-state index contributed by atoms with van der Waals surface area (Å²) in [7, 11) is 0. The summed E-state index contributed by atoms with van der Waals surface area (Å²) < 4.78 is 1.92. The molecule has 0 unspecified atom stereocenters. The number of nitrogen functional groups attached to an aromatic ring is 1. The van der Waals surface area contributed by atoms with Crippen LogP contribution in [-0.2, 0) is 6.54 Å². The summed E-state index contributed by atoms with van der Waals surface area (Å²) in [6.45, 7) is 6.68. The monoisotopic (exact) mass is 243 g/mol. The van der Waals surface area contributed by atoms with E-state index in [1.54, 1.807) is 6.20 Å². The van der Waals surface area contributed by atoms with E-state index in [1.165, 1.54) is 5.56 Å². The molecule has 2 aromatic heterocycles. The van der Waals surface area contributed by atoms with Crippen molar-refractivity contribution in [3.05, 3.63) is 46.5 Å². The zero-order chi connectivity index (χ0) is 13.3. The van der Waals surface area contributed by atoms with Crippen LogP contribution in [0.3, 0.4) is 0 Å². The Labute approximate surface area is 106 Å². The maximum atomic E-state index is 7.53. The van der Waals surface area contributed by atoms with Crippen molar-refractivity contribution in [2.45, 2.75) is 27.3 Å². The lowest BCUT2D eigenvalue weighted by atomic mass is 10.1. The molecule has 0 atom stereocenters. The quantitative estimate of drug-likeness (QED) is 0.633. The van der Waals surface area contributed by atoms with E-state index in [2.05, 4.69) is 17.0 Å². The lowest BCUT2D eigenvalue weighted by Crippen LogP contribution is -2.17. The van der Waals surface area contributed by atoms with Crippen LogP contribution in [0.4, 0.5) is 0 Å². The number of nitrogens with one attached hydrogen (secondary N) is 1. The van der Waals surface area contributed by atoms with Gasteiger partial charge in [-0.15, -0.1) is 0 Å². The van der Waals surface area contributed by atoms with Crippen molar-refractivity contribution in [1.29, 1.82) is 5.41 Å². The molecule has 0 saturated heterocycles. The summed E-state index contributed by atoms with van der Waals surface area (Å²) in [4.78, 5) is 4.14. The molecule has 0 fully saturated rings. The number of pyridine rings is 1. The number of nitrogens with zero attached hydrogens (tertiary/aromatic N) is 3. The highest BCUT2D eigenvalue weighted by molar-refractivity contribution is 5.94. The van der Waals surface area contributed by atoms with Gasteiger partial charge < -0.3 is 5.73 Å². The smallest absolute Gasteiger partial charge is 0.142 e. The van der Waals surface area contributed by atoms with Crippen molar-refractivity contribution in [1.82, 2.24) is 14.8 Å². The molecule has 0 saturated carbocycles. The normalized spacial score (nSPS) is 10.6. The van der Waals surface area contributed by atoms with Gasteiger partial charge in [0.25, 0.3) is 0 Å². The van der Waals surface area contributed by atoms with Gasteiger partial charge in [0.2, 0.25) is 0 Å². The standard InChI is InChI=1S/C13H17N5/c1-8-9(2)17-18(10(8)3)7-11-5-4-6-16-12(11)13(14)15/h4-6H,7H2,1-3H3,(H3,14,15). The first kappa shape index (κ1) is 12.3. The van der Waals surface area contributed by atoms with Crippen LogP contribution in [0.1, 0.15) is 28.2 Å². The maximum Gasteiger partial charge on any atom is 0.142 e. The number of hydrogen-bond donors (Lipinski definition) is 2. The lowest BCUT2D eigenvalue weighted by molar-refractivity contribution is 0.656. The van der Waals surface area contributed by atoms with E-state index < -0.39 is 0 Å². The minimum Gasteiger partial charge on any atom is -0.382 e. The predicted octanol–water partition coefficient (Wildman–Crippen LogP) is 1.54. The van der Waals surface area contributed by atoms with Gasteiger partial charge in [-0.3, -0.25) is 15.1 Å². The number of hydrogen-bond acceptors (Lipinski definition) is 3. The van der Waals surface area contributed by atoms with Gasteiger partial charge in [-0.05, 0) is 32.4 Å². The fourth-order valence-corrected chi connectivity index (χ4v) is 1.91. The molecule has 18 heavy (non-hydrogen) atoms. The van der Waals surface area contributed by atoms with E-state index in [4.69, 9.17) is 11.1 Å². The van der Waals surface area contributed by atoms with Crippen molar-refractivity contribution in [2.24, 2.45) is 5.73 Å². The molecule has 3 N–H and O–H groups in total. The van der Waals surface area contributed by atoms with Crippen LogP contribution in [0.5, 0.6) is 0 Å². The Balaban J connectivity index is 2.40. The summed E-state index contributed by atoms with van der Waals surface area (Å²) in [5, 5.41) is 12.0. The molecule has 5 heteroatoms. The minimum atomic E-state index is -0.0103. The van der Waals surface area contributed by atoms with Crippen LogP contribution in [0, 0.1) is 26.2 Å². The second kappa shape index (κ2) is 4.60. The van der Waals surface area contributed by atoms with Gasteiger partial charge >= 0.3 is 0 Å². The van der Waals surface area contributed by atoms with Gasteiger partial charge in [-0.2, -0.15) is 5.10 Å². The third kappa shape index (κ3) is 2.11. The van der Waals surface area contributed by atoms with Gasteiger partial charge in [-0.1, -0.05) is 6.07 Å². The molecule has 0 spiro atoms. The second-order valence-electron chi connectivity index (χ2n) is 4.38. The minimum absolute atomic E-state index is 0.0103. The number of nitrogens with two attached hydrogens (primary N) is 1. The molecule has 0 aliphatic rings. The molecule has 0 aromatic carbocycles. The Morgan fingerprint density at radius 3 is 2.67 bits per heavy atom. The summed E-state index contributed by atoms with van der Waals surface area (Å²) in [6, 6.07) is 3.77. The van der Waals surface area contributed by atoms with E-state index in [9.17, 15) is 0 Å². The number of aryl methyl sites for hydroxylation is 1. The molecule has 2 rings (SSSR count). The highest BCUT2D eigenvalue weighted by Crippen LogP contribution is 2.14. The zero-order valence-electron chi connectivity index (χ0n) is 10.9. The van der Waals surface area contributed by atoms with Gasteiger partial charge in [0.1, 0.15) is 11.5 Å². The largest absolute Gasteiger partial charge is 0.382 e. The molecule has 0 aliphatic carbocycles. The third-order valence-electron chi connectivity index (χ3n) is 3.21. The van der Waals surface area contributed by atoms with Gasteiger partial charge in [0.05, 0.1) is 12.2 Å². The molecule has 0 aliphatic heterocycles. The van der Waals surface area contributed by atoms with Gasteiger partial charge in [0.15, 0.2) is 0 Å². The number of rotatable bonds is 3. The van der Waals surface area contributed by atoms with Crippen LogP contribution in [-0.4, -0.2) is 20.6 Å². The molecule has 94 valence electrons. The van der Waals surface area contributed by atoms with Crippen LogP contribution in [0.2, 0.25) is 0 Å². The molecule has 5 nitrogen and oxygen atoms in total. The molecule has 0 radical (unpaired) electrons. The topological polar surface area (TPSA) is 80.6 Å². The summed E-state index contributed by atoms with van der Waals surface area (Å²) in [5.41, 5.74) is 10.3. The van der Waals surface area contributed by atoms with Crippen LogP contribution >= 0.6 is 0 Å². The van der Waals surface area contributed by atoms with Crippen LogP contribution in [0.15, 0.2) is 18.3 Å². The highest BCUT2D eigenvalue weighted by atomic mass is 15.3. The average Bonchev–Trinajstić information content (AvgIpc) is 2.57. The fourth-order valence-electron chi connectivity index (χ4n) is 1.91. The molecule has 0 bridgehead atoms. The molecular weight excluding hydrogens is 226 g/mol. The SMILES string of the molecule is Cc1nn(Cc2cccnc2C(=N)N)c(C)c1C. The third-order valence-corrected chi connectivity index (χ3v) is 3.21. The maximum absolute atomic E-state index is 7.53. The summed E-state index contributed by atoms with van der Waals surface area (Å²) in [5.74, 6) is -0.0103. The predicted molar refractivity (Wildman–Crippen MR) is 70.8 cm³/mol. The van der Waals surface area contributed by atoms with E-state index in [0.717, 1.165) is 17.0 Å². The Kier molecular flexibility index (Phi) is 3.14. The van der Waals surface area contributed by atoms with E-state index in [-0.39, 0.29) is 5.84 Å². The lowest BCUT2D eigenvalue weighted by Gasteiger charge is -2.08. The van der Waals surface area contributed by atoms with Crippen LogP contribution in [0.25, 0.3) is 0 Å². The van der Waals surface area contributed by atoms with Gasteiger partial charge in [0, 0.05) is 17.5 Å². The molecular formula is C13H17N5. The zero-order valence-corrected chi connectivity index (χ0v) is 10.9. The van der Waals surface area contributed by atoms with Crippen molar-refractivity contribution in [3.8, 4) is 0 Å². The summed E-state index contributed by atoms with van der Waals surface area (Å²) in [6.07, 6.45) is 1.65.